The Morgan fingerprint density at radius 2 is 2.50 bits per heavy atom. The summed E-state index contributed by atoms with van der Waals surface area (Å²) in [5.74, 6) is 1.84. The Morgan fingerprint density at radius 1 is 1.90 bits per heavy atom. The predicted octanol–water partition coefficient (Wildman–Crippen LogP) is -0.242. The highest BCUT2D eigenvalue weighted by molar-refractivity contribution is 5.74. The molecule has 0 aromatic heterocycles. The summed E-state index contributed by atoms with van der Waals surface area (Å²) in [4.78, 5) is 10.3. The smallest absolute Gasteiger partial charge is 0.218 e. The Kier molecular flexibility index (Phi) is 4.34. The molecule has 0 rings (SSSR count). The molecule has 0 aromatic rings. The lowest BCUT2D eigenvalue weighted by atomic mass is 10.1. The molecule has 0 aliphatic carbocycles. The summed E-state index contributed by atoms with van der Waals surface area (Å²) < 4.78 is 4.75. The summed E-state index contributed by atoms with van der Waals surface area (Å²) in [6, 6.07) is 0. The van der Waals surface area contributed by atoms with Gasteiger partial charge in [0.1, 0.15) is 0 Å². The van der Waals surface area contributed by atoms with E-state index < -0.39 is 0 Å². The maximum atomic E-state index is 10.3. The van der Waals surface area contributed by atoms with Gasteiger partial charge in [0.15, 0.2) is 0 Å². The van der Waals surface area contributed by atoms with E-state index in [4.69, 9.17) is 16.9 Å². The van der Waals surface area contributed by atoms with Gasteiger partial charge in [-0.15, -0.1) is 12.3 Å². The quantitative estimate of drug-likeness (QED) is 0.549. The van der Waals surface area contributed by atoms with E-state index in [0.717, 1.165) is 0 Å². The summed E-state index contributed by atoms with van der Waals surface area (Å²) in [6.07, 6.45) is 5.27. The fourth-order valence-corrected chi connectivity index (χ4v) is 0.610. The van der Waals surface area contributed by atoms with Gasteiger partial charge < -0.3 is 10.5 Å². The van der Waals surface area contributed by atoms with Gasteiger partial charge >= 0.3 is 0 Å². The zero-order chi connectivity index (χ0) is 7.98. The first-order chi connectivity index (χ1) is 4.70. The molecule has 0 bridgehead atoms. The highest BCUT2D eigenvalue weighted by atomic mass is 16.5. The van der Waals surface area contributed by atoms with Crippen molar-refractivity contribution >= 4 is 5.91 Å². The summed E-state index contributed by atoms with van der Waals surface area (Å²) >= 11 is 0. The molecule has 0 radical (unpaired) electrons. The summed E-state index contributed by atoms with van der Waals surface area (Å²) in [5, 5.41) is 0. The molecule has 0 aromatic carbocycles. The maximum absolute atomic E-state index is 10.3. The minimum absolute atomic E-state index is 0.178. The molecule has 0 heterocycles. The summed E-state index contributed by atoms with van der Waals surface area (Å²) in [5.41, 5.74) is 4.91. The zero-order valence-corrected chi connectivity index (χ0v) is 5.96. The Hall–Kier alpha value is -1.01. The van der Waals surface area contributed by atoms with Crippen LogP contribution in [-0.2, 0) is 9.53 Å². The maximum Gasteiger partial charge on any atom is 0.218 e. The van der Waals surface area contributed by atoms with E-state index >= 15 is 0 Å². The molecule has 3 nitrogen and oxygen atoms in total. The van der Waals surface area contributed by atoms with E-state index in [0.29, 0.717) is 6.61 Å². The summed E-state index contributed by atoms with van der Waals surface area (Å²) in [6.45, 7) is 0.388. The molecule has 3 heteroatoms. The van der Waals surface area contributed by atoms with Crippen molar-refractivity contribution < 1.29 is 9.53 Å². The predicted molar refractivity (Wildman–Crippen MR) is 38.0 cm³/mol. The molecule has 0 fully saturated rings. The van der Waals surface area contributed by atoms with Gasteiger partial charge in [-0.3, -0.25) is 4.79 Å². The molecule has 56 valence electrons. The molecular formula is C7H11NO2. The molecule has 0 saturated heterocycles. The van der Waals surface area contributed by atoms with Gasteiger partial charge in [-0.25, -0.2) is 0 Å². The lowest BCUT2D eigenvalue weighted by Gasteiger charge is -2.04. The van der Waals surface area contributed by atoms with Crippen molar-refractivity contribution in [1.29, 1.82) is 0 Å². The zero-order valence-electron chi connectivity index (χ0n) is 5.96. The van der Waals surface area contributed by atoms with Gasteiger partial charge in [0.2, 0.25) is 5.91 Å². The van der Waals surface area contributed by atoms with Gasteiger partial charge in [0.25, 0.3) is 0 Å². The van der Waals surface area contributed by atoms with Gasteiger partial charge in [-0.2, -0.15) is 0 Å². The number of terminal acetylenes is 1. The van der Waals surface area contributed by atoms with E-state index in [-0.39, 0.29) is 18.2 Å². The number of amides is 1. The Balaban J connectivity index is 3.63. The Morgan fingerprint density at radius 3 is 2.80 bits per heavy atom. The van der Waals surface area contributed by atoms with Crippen molar-refractivity contribution in [3.8, 4) is 12.3 Å². The van der Waals surface area contributed by atoms with Crippen molar-refractivity contribution in [3.05, 3.63) is 0 Å². The van der Waals surface area contributed by atoms with Crippen LogP contribution in [0.1, 0.15) is 6.42 Å². The van der Waals surface area contributed by atoms with Crippen LogP contribution in [0.5, 0.6) is 0 Å². The largest absolute Gasteiger partial charge is 0.383 e. The first-order valence-electron chi connectivity index (χ1n) is 2.94. The van der Waals surface area contributed by atoms with Gasteiger partial charge in [0.05, 0.1) is 12.5 Å². The molecule has 2 N–H and O–H groups in total. The number of methoxy groups -OCH3 is 1. The first-order valence-corrected chi connectivity index (χ1v) is 2.94. The topological polar surface area (TPSA) is 52.3 Å². The van der Waals surface area contributed by atoms with Crippen molar-refractivity contribution in [2.75, 3.05) is 13.7 Å². The standard InChI is InChI=1S/C7H11NO2/c1-3-6(5-10-2)4-7(8)9/h1,6H,4-5H2,2H3,(H2,8,9). The number of hydrogen-bond donors (Lipinski definition) is 1. The second-order valence-corrected chi connectivity index (χ2v) is 1.99. The van der Waals surface area contributed by atoms with Crippen LogP contribution in [0.2, 0.25) is 0 Å². The third kappa shape index (κ3) is 3.93. The Labute approximate surface area is 60.5 Å². The van der Waals surface area contributed by atoms with Crippen LogP contribution in [0.15, 0.2) is 0 Å². The van der Waals surface area contributed by atoms with E-state index in [1.165, 1.54) is 7.11 Å². The molecule has 0 aliphatic rings. The molecule has 1 amide bonds. The van der Waals surface area contributed by atoms with Gasteiger partial charge in [0, 0.05) is 13.5 Å². The SMILES string of the molecule is C#CC(COC)CC(N)=O. The van der Waals surface area contributed by atoms with E-state index in [9.17, 15) is 4.79 Å². The van der Waals surface area contributed by atoms with Crippen molar-refractivity contribution in [1.82, 2.24) is 0 Å². The molecule has 0 spiro atoms. The second-order valence-electron chi connectivity index (χ2n) is 1.99. The van der Waals surface area contributed by atoms with Gasteiger partial charge in [-0.1, -0.05) is 0 Å². The number of carbonyl (C=O) groups excluding carboxylic acids is 1. The summed E-state index contributed by atoms with van der Waals surface area (Å²) in [7, 11) is 1.53. The fourth-order valence-electron chi connectivity index (χ4n) is 0.610. The van der Waals surface area contributed by atoms with Crippen molar-refractivity contribution in [2.45, 2.75) is 6.42 Å². The van der Waals surface area contributed by atoms with Crippen LogP contribution in [-0.4, -0.2) is 19.6 Å². The first kappa shape index (κ1) is 8.99. The average Bonchev–Trinajstić information content (AvgIpc) is 1.86. The van der Waals surface area contributed by atoms with E-state index in [2.05, 4.69) is 5.92 Å². The minimum atomic E-state index is -0.389. The normalized spacial score (nSPS) is 12.0. The fraction of sp³-hybridized carbons (Fsp3) is 0.571. The molecule has 0 aliphatic heterocycles. The lowest BCUT2D eigenvalue weighted by molar-refractivity contribution is -0.118. The number of hydrogen-bond acceptors (Lipinski definition) is 2. The van der Waals surface area contributed by atoms with Crippen molar-refractivity contribution in [3.63, 3.8) is 0 Å². The molecule has 0 saturated carbocycles. The highest BCUT2D eigenvalue weighted by Gasteiger charge is 2.06. The van der Waals surface area contributed by atoms with Crippen LogP contribution in [0, 0.1) is 18.3 Å². The number of primary amides is 1. The molecule has 10 heavy (non-hydrogen) atoms. The third-order valence-electron chi connectivity index (χ3n) is 1.05. The van der Waals surface area contributed by atoms with Crippen LogP contribution < -0.4 is 5.73 Å². The minimum Gasteiger partial charge on any atom is -0.383 e. The molecule has 1 atom stereocenters. The number of rotatable bonds is 4. The third-order valence-corrected chi connectivity index (χ3v) is 1.05. The molecular weight excluding hydrogens is 130 g/mol. The van der Waals surface area contributed by atoms with Crippen LogP contribution in [0.4, 0.5) is 0 Å². The molecule has 1 unspecified atom stereocenters. The van der Waals surface area contributed by atoms with Crippen LogP contribution in [0.3, 0.4) is 0 Å². The Bertz CT molecular complexity index is 148. The van der Waals surface area contributed by atoms with E-state index in [1.807, 2.05) is 0 Å². The second kappa shape index (κ2) is 4.83. The van der Waals surface area contributed by atoms with E-state index in [1.54, 1.807) is 0 Å². The van der Waals surface area contributed by atoms with Crippen LogP contribution >= 0.6 is 0 Å². The van der Waals surface area contributed by atoms with Crippen LogP contribution in [0.25, 0.3) is 0 Å². The number of nitrogens with two attached hydrogens (primary N) is 1. The monoisotopic (exact) mass is 141 g/mol. The number of carbonyl (C=O) groups is 1. The average molecular weight is 141 g/mol. The van der Waals surface area contributed by atoms with Crippen molar-refractivity contribution in [2.24, 2.45) is 11.7 Å². The highest BCUT2D eigenvalue weighted by Crippen LogP contribution is 1.99. The lowest BCUT2D eigenvalue weighted by Crippen LogP contribution is -2.18. The number of ether oxygens (including phenoxy) is 1. The van der Waals surface area contributed by atoms with Gasteiger partial charge in [-0.05, 0) is 0 Å².